The molecule has 2 saturated heterocycles. The van der Waals surface area contributed by atoms with Crippen LogP contribution in [0.4, 0.5) is 5.69 Å². The van der Waals surface area contributed by atoms with Gasteiger partial charge in [0.05, 0.1) is 16.7 Å². The third-order valence-corrected chi connectivity index (χ3v) is 12.5. The van der Waals surface area contributed by atoms with E-state index in [0.717, 1.165) is 39.0 Å². The standard InChI is InChI=1S/C28H35N4PS/c1-28(2)19-25-27(26(20-28)30-16-9-4-10-17-30)33(34,32(29-25)24-13-5-3-6-14-24)31-18-15-22-11-7-8-12-23(22)21-31/h3,5-8,11-14,19,29H,4,9-10,15-18,20-21H2,1-2H3/t33-/m0/s1. The summed E-state index contributed by atoms with van der Waals surface area (Å²) in [5.74, 6) is 0. The first-order valence-corrected chi connectivity index (χ1v) is 15.4. The van der Waals surface area contributed by atoms with Gasteiger partial charge in [-0.25, -0.2) is 9.45 Å². The van der Waals surface area contributed by atoms with Crippen molar-refractivity contribution in [3.05, 3.63) is 88.5 Å². The predicted octanol–water partition coefficient (Wildman–Crippen LogP) is 6.39. The first-order valence-electron chi connectivity index (χ1n) is 12.7. The van der Waals surface area contributed by atoms with Gasteiger partial charge in [-0.15, -0.1) is 0 Å². The molecule has 3 aliphatic heterocycles. The second kappa shape index (κ2) is 8.55. The second-order valence-corrected chi connectivity index (χ2v) is 14.8. The third-order valence-electron chi connectivity index (χ3n) is 7.71. The molecule has 0 spiro atoms. The molecular weight excluding hydrogens is 455 g/mol. The van der Waals surface area contributed by atoms with Crippen LogP contribution in [0.15, 0.2) is 77.4 Å². The zero-order valence-electron chi connectivity index (χ0n) is 20.3. The highest BCUT2D eigenvalue weighted by Gasteiger charge is 2.49. The molecule has 0 bridgehead atoms. The molecular formula is C28H35N4PS. The van der Waals surface area contributed by atoms with Gasteiger partial charge in [0.25, 0.3) is 0 Å². The molecule has 0 amide bonds. The van der Waals surface area contributed by atoms with Crippen molar-refractivity contribution in [2.24, 2.45) is 5.41 Å². The summed E-state index contributed by atoms with van der Waals surface area (Å²) in [4.78, 5) is 2.68. The lowest BCUT2D eigenvalue weighted by Gasteiger charge is -2.44. The summed E-state index contributed by atoms with van der Waals surface area (Å²) >= 11 is 6.91. The lowest BCUT2D eigenvalue weighted by atomic mass is 9.82. The highest BCUT2D eigenvalue weighted by atomic mass is 32.4. The van der Waals surface area contributed by atoms with Gasteiger partial charge in [-0.05, 0) is 60.8 Å². The van der Waals surface area contributed by atoms with Crippen molar-refractivity contribution >= 4 is 23.8 Å². The van der Waals surface area contributed by atoms with Crippen LogP contribution < -0.4 is 10.2 Å². The summed E-state index contributed by atoms with van der Waals surface area (Å²) in [6.07, 6.45) is 6.21. The molecule has 2 aromatic rings. The second-order valence-electron chi connectivity index (χ2n) is 10.8. The van der Waals surface area contributed by atoms with Crippen molar-refractivity contribution < 1.29 is 0 Å². The topological polar surface area (TPSA) is 21.8 Å². The van der Waals surface area contributed by atoms with Gasteiger partial charge in [0.15, 0.2) is 6.34 Å². The van der Waals surface area contributed by atoms with Crippen LogP contribution >= 0.6 is 6.34 Å². The van der Waals surface area contributed by atoms with E-state index >= 15 is 0 Å². The van der Waals surface area contributed by atoms with Crippen molar-refractivity contribution in [2.45, 2.75) is 52.5 Å². The van der Waals surface area contributed by atoms with Crippen LogP contribution in [0.25, 0.3) is 0 Å². The van der Waals surface area contributed by atoms with Crippen LogP contribution in [0, 0.1) is 5.41 Å². The Morgan fingerprint density at radius 2 is 1.59 bits per heavy atom. The molecule has 1 aliphatic carbocycles. The van der Waals surface area contributed by atoms with E-state index < -0.39 is 6.34 Å². The number of benzene rings is 2. The number of nitrogens with zero attached hydrogens (tertiary/aromatic N) is 3. The fourth-order valence-corrected chi connectivity index (χ4v) is 10.6. The number of piperidine rings is 1. The molecule has 3 heterocycles. The quantitative estimate of drug-likeness (QED) is 0.502. The van der Waals surface area contributed by atoms with Crippen LogP contribution in [0.3, 0.4) is 0 Å². The number of allylic oxidation sites excluding steroid dienone is 3. The summed E-state index contributed by atoms with van der Waals surface area (Å²) in [5.41, 5.74) is 10.8. The zero-order chi connectivity index (χ0) is 23.3. The van der Waals surface area contributed by atoms with Gasteiger partial charge in [-0.1, -0.05) is 74.2 Å². The van der Waals surface area contributed by atoms with Gasteiger partial charge in [0.1, 0.15) is 0 Å². The normalized spacial score (nSPS) is 26.6. The van der Waals surface area contributed by atoms with Crippen LogP contribution in [-0.2, 0) is 24.8 Å². The highest BCUT2D eigenvalue weighted by Crippen LogP contribution is 2.70. The maximum atomic E-state index is 6.91. The van der Waals surface area contributed by atoms with Gasteiger partial charge in [0.2, 0.25) is 0 Å². The van der Waals surface area contributed by atoms with E-state index in [9.17, 15) is 0 Å². The summed E-state index contributed by atoms with van der Waals surface area (Å²) in [6.45, 7) is 8.98. The molecule has 2 fully saturated rings. The summed E-state index contributed by atoms with van der Waals surface area (Å²) < 4.78 is 5.02. The molecule has 0 aromatic heterocycles. The Bertz CT molecular complexity index is 1200. The molecule has 0 radical (unpaired) electrons. The molecule has 4 aliphatic rings. The van der Waals surface area contributed by atoms with Crippen molar-refractivity contribution in [1.82, 2.24) is 15.0 Å². The molecule has 6 heteroatoms. The number of nitrogens with one attached hydrogen (secondary N) is 1. The van der Waals surface area contributed by atoms with Gasteiger partial charge in [0, 0.05) is 31.9 Å². The van der Waals surface area contributed by atoms with Crippen molar-refractivity contribution in [3.8, 4) is 0 Å². The van der Waals surface area contributed by atoms with Crippen LogP contribution in [-0.4, -0.2) is 29.2 Å². The van der Waals surface area contributed by atoms with Crippen molar-refractivity contribution in [2.75, 3.05) is 24.4 Å². The van der Waals surface area contributed by atoms with E-state index in [0.29, 0.717) is 0 Å². The van der Waals surface area contributed by atoms with E-state index in [1.165, 1.54) is 52.8 Å². The van der Waals surface area contributed by atoms with Gasteiger partial charge in [-0.3, -0.25) is 5.43 Å². The van der Waals surface area contributed by atoms with Crippen molar-refractivity contribution in [1.29, 1.82) is 0 Å². The number of rotatable bonds is 3. The molecule has 0 saturated carbocycles. The Labute approximate surface area is 209 Å². The summed E-state index contributed by atoms with van der Waals surface area (Å²) in [5, 5.41) is 1.42. The largest absolute Gasteiger partial charge is 0.374 e. The molecule has 0 unspecified atom stereocenters. The lowest BCUT2D eigenvalue weighted by molar-refractivity contribution is 0.254. The summed E-state index contributed by atoms with van der Waals surface area (Å²) in [6, 6.07) is 19.7. The number of hydrogen-bond acceptors (Lipinski definition) is 3. The molecule has 1 atom stereocenters. The monoisotopic (exact) mass is 490 g/mol. The minimum atomic E-state index is -2.29. The van der Waals surface area contributed by atoms with Gasteiger partial charge >= 0.3 is 0 Å². The van der Waals surface area contributed by atoms with E-state index in [1.807, 2.05) is 0 Å². The average Bonchev–Trinajstić information content (AvgIpc) is 3.16. The Morgan fingerprint density at radius 3 is 2.35 bits per heavy atom. The minimum Gasteiger partial charge on any atom is -0.374 e. The molecule has 178 valence electrons. The smallest absolute Gasteiger partial charge is 0.152 e. The molecule has 2 aromatic carbocycles. The maximum absolute atomic E-state index is 6.91. The fraction of sp³-hybridized carbons (Fsp3) is 0.429. The number of hydrogen-bond donors (Lipinski definition) is 1. The Hall–Kier alpha value is -2.07. The van der Waals surface area contributed by atoms with E-state index in [2.05, 4.69) is 94.3 Å². The van der Waals surface area contributed by atoms with E-state index in [-0.39, 0.29) is 5.41 Å². The maximum Gasteiger partial charge on any atom is 0.152 e. The molecule has 1 N–H and O–H groups in total. The zero-order valence-corrected chi connectivity index (χ0v) is 22.0. The Balaban J connectivity index is 1.53. The summed E-state index contributed by atoms with van der Waals surface area (Å²) in [7, 11) is 0. The highest BCUT2D eigenvalue weighted by molar-refractivity contribution is 8.16. The number of hydrazine groups is 1. The first-order chi connectivity index (χ1) is 16.5. The average molecular weight is 491 g/mol. The fourth-order valence-electron chi connectivity index (χ4n) is 6.07. The number of para-hydroxylation sites is 1. The van der Waals surface area contributed by atoms with E-state index in [1.54, 1.807) is 0 Å². The number of likely N-dealkylation sites (tertiary alicyclic amines) is 1. The Kier molecular flexibility index (Phi) is 5.63. The molecule has 4 nitrogen and oxygen atoms in total. The molecule has 6 rings (SSSR count). The third kappa shape index (κ3) is 3.73. The SMILES string of the molecule is CC1(C)C=C2NN(c3ccccc3)[P@@](=S)(N3CCc4ccccc4C3)C2=C(N2CCCCC2)C1. The van der Waals surface area contributed by atoms with Crippen molar-refractivity contribution in [3.63, 3.8) is 0 Å². The van der Waals surface area contributed by atoms with Gasteiger partial charge < -0.3 is 4.90 Å². The number of fused-ring (bicyclic) bond motifs is 2. The Morgan fingerprint density at radius 1 is 0.882 bits per heavy atom. The minimum absolute atomic E-state index is 0.111. The van der Waals surface area contributed by atoms with Crippen LogP contribution in [0.2, 0.25) is 0 Å². The van der Waals surface area contributed by atoms with Crippen LogP contribution in [0.5, 0.6) is 0 Å². The van der Waals surface area contributed by atoms with Gasteiger partial charge in [-0.2, -0.15) is 0 Å². The van der Waals surface area contributed by atoms with Crippen LogP contribution in [0.1, 0.15) is 50.7 Å². The van der Waals surface area contributed by atoms with E-state index in [4.69, 9.17) is 11.8 Å². The lowest BCUT2D eigenvalue weighted by Crippen LogP contribution is -2.37. The first kappa shape index (κ1) is 22.4. The predicted molar refractivity (Wildman–Crippen MR) is 146 cm³/mol. The molecule has 34 heavy (non-hydrogen) atoms. The number of anilines is 1.